The average Bonchev–Trinajstić information content (AvgIpc) is 2.40. The summed E-state index contributed by atoms with van der Waals surface area (Å²) in [6.07, 6.45) is 7.38. The smallest absolute Gasteiger partial charge is 0.222 e. The zero-order chi connectivity index (χ0) is 13.0. The highest BCUT2D eigenvalue weighted by Gasteiger charge is 2.55. The maximum Gasteiger partial charge on any atom is 0.222 e. The second-order valence-corrected chi connectivity index (χ2v) is 7.10. The lowest BCUT2D eigenvalue weighted by Gasteiger charge is -2.64. The summed E-state index contributed by atoms with van der Waals surface area (Å²) < 4.78 is 0.0772. The number of carbonyl (C=O) groups excluding carboxylic acids is 1. The van der Waals surface area contributed by atoms with E-state index in [1.54, 1.807) is 0 Å². The van der Waals surface area contributed by atoms with Crippen molar-refractivity contribution in [2.24, 2.45) is 11.8 Å². The van der Waals surface area contributed by atoms with Crippen molar-refractivity contribution in [1.82, 2.24) is 4.90 Å². The fraction of sp³-hybridized carbons (Fsp3) is 0.933. The van der Waals surface area contributed by atoms with Crippen molar-refractivity contribution < 1.29 is 9.44 Å². The van der Waals surface area contributed by atoms with Crippen LogP contribution in [0, 0.1) is 17.0 Å². The SMILES string of the molecule is O=C1CCC[C@@H]2[C@H]3CCC[N@@+]4([O-])CCC[C@H](CN12)[C@@H]34. The van der Waals surface area contributed by atoms with Crippen molar-refractivity contribution >= 4 is 5.91 Å². The predicted octanol–water partition coefficient (Wildman–Crippen LogP) is 1.88. The van der Waals surface area contributed by atoms with Gasteiger partial charge in [0, 0.05) is 30.8 Å². The predicted molar refractivity (Wildman–Crippen MR) is 71.9 cm³/mol. The zero-order valence-corrected chi connectivity index (χ0v) is 11.6. The molecule has 0 aromatic carbocycles. The molecule has 4 aliphatic heterocycles. The molecule has 0 radical (unpaired) electrons. The Kier molecular flexibility index (Phi) is 2.68. The van der Waals surface area contributed by atoms with E-state index in [1.165, 1.54) is 12.8 Å². The first-order valence-corrected chi connectivity index (χ1v) is 8.06. The number of carbonyl (C=O) groups is 1. The van der Waals surface area contributed by atoms with Crippen LogP contribution in [0.15, 0.2) is 0 Å². The Balaban J connectivity index is 1.69. The number of amides is 1. The van der Waals surface area contributed by atoms with Crippen LogP contribution in [0.25, 0.3) is 0 Å². The van der Waals surface area contributed by atoms with Gasteiger partial charge in [-0.1, -0.05) is 0 Å². The minimum absolute atomic E-state index is 0.0772. The number of fused-ring (bicyclic) bond motifs is 2. The topological polar surface area (TPSA) is 43.4 Å². The van der Waals surface area contributed by atoms with Crippen molar-refractivity contribution in [3.8, 4) is 0 Å². The van der Waals surface area contributed by atoms with Gasteiger partial charge < -0.3 is 14.8 Å². The molecule has 0 spiro atoms. The number of nitrogens with zero attached hydrogens (tertiary/aromatic N) is 2. The van der Waals surface area contributed by atoms with Crippen LogP contribution in [0.3, 0.4) is 0 Å². The molecule has 4 fully saturated rings. The standard InChI is InChI=1S/C15H24N2O2/c18-14-7-1-6-13-12-5-3-9-17(19)8-2-4-11(15(12)17)10-16(13)14/h11-13,15H,1-10H2/t11-,12-,13-,15+,17+/m1/s1. The molecule has 4 aliphatic rings. The van der Waals surface area contributed by atoms with E-state index in [-0.39, 0.29) is 4.65 Å². The lowest BCUT2D eigenvalue weighted by molar-refractivity contribution is -0.925. The molecular weight excluding hydrogens is 240 g/mol. The van der Waals surface area contributed by atoms with E-state index in [1.807, 2.05) is 0 Å². The molecule has 4 nitrogen and oxygen atoms in total. The van der Waals surface area contributed by atoms with Gasteiger partial charge in [-0.05, 0) is 38.5 Å². The van der Waals surface area contributed by atoms with Gasteiger partial charge >= 0.3 is 0 Å². The second-order valence-electron chi connectivity index (χ2n) is 7.10. The monoisotopic (exact) mass is 264 g/mol. The van der Waals surface area contributed by atoms with Gasteiger partial charge in [-0.25, -0.2) is 0 Å². The number of hydroxylamine groups is 3. The Labute approximate surface area is 114 Å². The summed E-state index contributed by atoms with van der Waals surface area (Å²) in [5, 5.41) is 13.1. The van der Waals surface area contributed by atoms with Crippen molar-refractivity contribution in [2.75, 3.05) is 19.6 Å². The molecule has 19 heavy (non-hydrogen) atoms. The van der Waals surface area contributed by atoms with Crippen LogP contribution < -0.4 is 0 Å². The summed E-state index contributed by atoms with van der Waals surface area (Å²) in [5.41, 5.74) is 0. The Morgan fingerprint density at radius 1 is 1.11 bits per heavy atom. The molecule has 0 aromatic heterocycles. The van der Waals surface area contributed by atoms with Gasteiger partial charge in [0.2, 0.25) is 5.91 Å². The van der Waals surface area contributed by atoms with E-state index in [0.29, 0.717) is 29.8 Å². The minimum Gasteiger partial charge on any atom is -0.633 e. The van der Waals surface area contributed by atoms with Gasteiger partial charge in [0.15, 0.2) is 0 Å². The van der Waals surface area contributed by atoms with E-state index in [9.17, 15) is 10.0 Å². The number of hydrogen-bond donors (Lipinski definition) is 0. The summed E-state index contributed by atoms with van der Waals surface area (Å²) >= 11 is 0. The Morgan fingerprint density at radius 3 is 2.74 bits per heavy atom. The van der Waals surface area contributed by atoms with Gasteiger partial charge in [0.1, 0.15) is 0 Å². The number of rotatable bonds is 0. The van der Waals surface area contributed by atoms with E-state index in [4.69, 9.17) is 0 Å². The summed E-state index contributed by atoms with van der Waals surface area (Å²) in [6, 6.07) is 0.710. The Bertz CT molecular complexity index is 396. The first kappa shape index (κ1) is 12.2. The molecule has 106 valence electrons. The molecule has 4 heteroatoms. The Hall–Kier alpha value is -0.610. The Morgan fingerprint density at radius 2 is 1.89 bits per heavy atom. The number of hydrogen-bond acceptors (Lipinski definition) is 2. The van der Waals surface area contributed by atoms with Crippen LogP contribution in [0.1, 0.15) is 44.9 Å². The maximum atomic E-state index is 13.1. The first-order chi connectivity index (χ1) is 9.19. The van der Waals surface area contributed by atoms with Crippen LogP contribution in [-0.2, 0) is 4.79 Å². The summed E-state index contributed by atoms with van der Waals surface area (Å²) in [5.74, 6) is 1.33. The number of quaternary nitrogens is 1. The quantitative estimate of drug-likeness (QED) is 0.495. The van der Waals surface area contributed by atoms with Crippen LogP contribution in [-0.4, -0.2) is 47.2 Å². The van der Waals surface area contributed by atoms with E-state index < -0.39 is 0 Å². The summed E-state index contributed by atoms with van der Waals surface area (Å²) in [7, 11) is 0. The van der Waals surface area contributed by atoms with Gasteiger partial charge in [-0.15, -0.1) is 0 Å². The van der Waals surface area contributed by atoms with Crippen molar-refractivity contribution in [3.05, 3.63) is 5.21 Å². The largest absolute Gasteiger partial charge is 0.633 e. The fourth-order valence-electron chi connectivity index (χ4n) is 5.55. The molecule has 0 N–H and O–H groups in total. The van der Waals surface area contributed by atoms with Crippen LogP contribution >= 0.6 is 0 Å². The van der Waals surface area contributed by atoms with Crippen molar-refractivity contribution in [1.29, 1.82) is 0 Å². The molecule has 4 rings (SSSR count). The van der Waals surface area contributed by atoms with E-state index in [2.05, 4.69) is 4.90 Å². The fourth-order valence-corrected chi connectivity index (χ4v) is 5.55. The van der Waals surface area contributed by atoms with Crippen molar-refractivity contribution in [2.45, 2.75) is 57.0 Å². The third kappa shape index (κ3) is 1.69. The molecule has 4 heterocycles. The summed E-state index contributed by atoms with van der Waals surface area (Å²) in [6.45, 7) is 2.55. The second kappa shape index (κ2) is 4.19. The normalized spacial score (nSPS) is 49.5. The molecule has 0 aromatic rings. The molecule has 0 saturated carbocycles. The van der Waals surface area contributed by atoms with Crippen LogP contribution in [0.2, 0.25) is 0 Å². The third-order valence-electron chi connectivity index (χ3n) is 6.19. The first-order valence-electron chi connectivity index (χ1n) is 8.06. The van der Waals surface area contributed by atoms with Crippen molar-refractivity contribution in [3.63, 3.8) is 0 Å². The van der Waals surface area contributed by atoms with Gasteiger partial charge in [-0.3, -0.25) is 4.79 Å². The zero-order valence-electron chi connectivity index (χ0n) is 11.6. The van der Waals surface area contributed by atoms with Gasteiger partial charge in [0.25, 0.3) is 0 Å². The maximum absolute atomic E-state index is 13.1. The lowest BCUT2D eigenvalue weighted by Crippen LogP contribution is -2.71. The molecule has 0 aliphatic carbocycles. The lowest BCUT2D eigenvalue weighted by atomic mass is 9.67. The summed E-state index contributed by atoms with van der Waals surface area (Å²) in [4.78, 5) is 14.3. The molecular formula is C15H24N2O2. The average molecular weight is 264 g/mol. The molecule has 5 atom stereocenters. The van der Waals surface area contributed by atoms with Gasteiger partial charge in [-0.2, -0.15) is 0 Å². The third-order valence-corrected chi connectivity index (χ3v) is 6.19. The molecule has 4 saturated heterocycles. The highest BCUT2D eigenvalue weighted by atomic mass is 16.5. The molecule has 0 bridgehead atoms. The van der Waals surface area contributed by atoms with E-state index in [0.717, 1.165) is 51.7 Å². The van der Waals surface area contributed by atoms with E-state index >= 15 is 0 Å². The van der Waals surface area contributed by atoms with Gasteiger partial charge in [0.05, 0.1) is 19.1 Å². The minimum atomic E-state index is 0.0772. The number of piperidine rings is 4. The van der Waals surface area contributed by atoms with Crippen LogP contribution in [0.4, 0.5) is 0 Å². The highest BCUT2D eigenvalue weighted by Crippen LogP contribution is 2.47. The highest BCUT2D eigenvalue weighted by molar-refractivity contribution is 5.77. The molecule has 1 amide bonds. The molecule has 0 unspecified atom stereocenters. The van der Waals surface area contributed by atoms with Crippen LogP contribution in [0.5, 0.6) is 0 Å².